The van der Waals surface area contributed by atoms with Gasteiger partial charge in [0.2, 0.25) is 11.8 Å². The van der Waals surface area contributed by atoms with Crippen LogP contribution in [0.15, 0.2) is 30.3 Å². The zero-order chi connectivity index (χ0) is 15.5. The zero-order valence-electron chi connectivity index (χ0n) is 12.4. The molecule has 0 fully saturated rings. The highest BCUT2D eigenvalue weighted by Crippen LogP contribution is 1.99. The molecule has 6 heteroatoms. The predicted molar refractivity (Wildman–Crippen MR) is 85.1 cm³/mol. The van der Waals surface area contributed by atoms with Gasteiger partial charge in [0.1, 0.15) is 6.04 Å². The molecule has 0 heterocycles. The topological polar surface area (TPSA) is 67.4 Å². The van der Waals surface area contributed by atoms with E-state index in [1.807, 2.05) is 37.3 Å². The number of hydrogen-bond acceptors (Lipinski definition) is 4. The molecule has 0 aromatic heterocycles. The Morgan fingerprint density at radius 3 is 2.62 bits per heavy atom. The van der Waals surface area contributed by atoms with Crippen molar-refractivity contribution in [3.05, 3.63) is 35.9 Å². The van der Waals surface area contributed by atoms with Gasteiger partial charge in [-0.25, -0.2) is 0 Å². The van der Waals surface area contributed by atoms with Crippen LogP contribution in [0.3, 0.4) is 0 Å². The van der Waals surface area contributed by atoms with Gasteiger partial charge < -0.3 is 15.4 Å². The minimum absolute atomic E-state index is 0.154. The fourth-order valence-corrected chi connectivity index (χ4v) is 2.16. The molecule has 0 aliphatic rings. The van der Waals surface area contributed by atoms with Crippen LogP contribution in [0.1, 0.15) is 12.5 Å². The van der Waals surface area contributed by atoms with Gasteiger partial charge in [-0.3, -0.25) is 9.59 Å². The van der Waals surface area contributed by atoms with Crippen molar-refractivity contribution in [1.29, 1.82) is 0 Å². The van der Waals surface area contributed by atoms with Gasteiger partial charge in [-0.2, -0.15) is 11.8 Å². The fraction of sp³-hybridized carbons (Fsp3) is 0.467. The number of amides is 2. The number of nitrogens with one attached hydrogen (secondary N) is 2. The average Bonchev–Trinajstić information content (AvgIpc) is 2.51. The predicted octanol–water partition coefficient (Wildman–Crippen LogP) is 1.19. The maximum atomic E-state index is 12.1. The van der Waals surface area contributed by atoms with E-state index < -0.39 is 6.04 Å². The molecule has 1 aromatic rings. The Morgan fingerprint density at radius 1 is 1.29 bits per heavy atom. The van der Waals surface area contributed by atoms with Crippen molar-refractivity contribution in [1.82, 2.24) is 10.6 Å². The van der Waals surface area contributed by atoms with Crippen molar-refractivity contribution in [3.8, 4) is 0 Å². The standard InChI is InChI=1S/C15H22N2O3S/c1-3-21-11-14(18)17-13(10-20-2)15(19)16-9-12-7-5-4-6-8-12/h4-8,13H,3,9-11H2,1-2H3,(H,16,19)(H,17,18)/t13-/m0/s1. The van der Waals surface area contributed by atoms with Crippen LogP contribution in [0.5, 0.6) is 0 Å². The third-order valence-electron chi connectivity index (χ3n) is 2.73. The molecule has 2 amide bonds. The number of carbonyl (C=O) groups is 2. The van der Waals surface area contributed by atoms with E-state index in [1.54, 1.807) is 0 Å². The van der Waals surface area contributed by atoms with Gasteiger partial charge in [0.15, 0.2) is 0 Å². The molecular weight excluding hydrogens is 288 g/mol. The number of ether oxygens (including phenoxy) is 1. The van der Waals surface area contributed by atoms with Crippen LogP contribution >= 0.6 is 11.8 Å². The van der Waals surface area contributed by atoms with Crippen LogP contribution in [-0.4, -0.2) is 43.1 Å². The van der Waals surface area contributed by atoms with Crippen molar-refractivity contribution >= 4 is 23.6 Å². The maximum Gasteiger partial charge on any atom is 0.245 e. The van der Waals surface area contributed by atoms with Crippen LogP contribution in [0.25, 0.3) is 0 Å². The normalized spacial score (nSPS) is 11.7. The lowest BCUT2D eigenvalue weighted by molar-refractivity contribution is -0.129. The van der Waals surface area contributed by atoms with Crippen molar-refractivity contribution in [2.45, 2.75) is 19.5 Å². The highest BCUT2D eigenvalue weighted by atomic mass is 32.2. The molecule has 5 nitrogen and oxygen atoms in total. The first-order valence-electron chi connectivity index (χ1n) is 6.85. The Bertz CT molecular complexity index is 440. The minimum Gasteiger partial charge on any atom is -0.382 e. The van der Waals surface area contributed by atoms with Crippen LogP contribution < -0.4 is 10.6 Å². The van der Waals surface area contributed by atoms with Crippen LogP contribution in [0.2, 0.25) is 0 Å². The lowest BCUT2D eigenvalue weighted by atomic mass is 10.2. The number of hydrogen-bond donors (Lipinski definition) is 2. The highest BCUT2D eigenvalue weighted by Gasteiger charge is 2.20. The summed E-state index contributed by atoms with van der Waals surface area (Å²) in [6.07, 6.45) is 0. The Kier molecular flexibility index (Phi) is 8.54. The van der Waals surface area contributed by atoms with Gasteiger partial charge in [-0.05, 0) is 11.3 Å². The summed E-state index contributed by atoms with van der Waals surface area (Å²) in [7, 11) is 1.50. The van der Waals surface area contributed by atoms with Gasteiger partial charge >= 0.3 is 0 Å². The Morgan fingerprint density at radius 2 is 2.00 bits per heavy atom. The average molecular weight is 310 g/mol. The number of carbonyl (C=O) groups excluding carboxylic acids is 2. The smallest absolute Gasteiger partial charge is 0.245 e. The monoisotopic (exact) mass is 310 g/mol. The summed E-state index contributed by atoms with van der Waals surface area (Å²) < 4.78 is 5.00. The number of methoxy groups -OCH3 is 1. The molecule has 1 atom stereocenters. The molecular formula is C15H22N2O3S. The van der Waals surface area contributed by atoms with E-state index in [2.05, 4.69) is 10.6 Å². The molecule has 116 valence electrons. The van der Waals surface area contributed by atoms with E-state index in [-0.39, 0.29) is 18.4 Å². The molecule has 0 spiro atoms. The SMILES string of the molecule is CCSCC(=O)N[C@@H](COC)C(=O)NCc1ccccc1. The molecule has 0 bridgehead atoms. The second-order valence-electron chi connectivity index (χ2n) is 4.42. The largest absolute Gasteiger partial charge is 0.382 e. The third-order valence-corrected chi connectivity index (χ3v) is 3.61. The minimum atomic E-state index is -0.663. The van der Waals surface area contributed by atoms with Gasteiger partial charge in [0.25, 0.3) is 0 Å². The van der Waals surface area contributed by atoms with E-state index in [9.17, 15) is 9.59 Å². The summed E-state index contributed by atoms with van der Waals surface area (Å²) >= 11 is 1.51. The van der Waals surface area contributed by atoms with E-state index in [1.165, 1.54) is 18.9 Å². The number of benzene rings is 1. The Hall–Kier alpha value is -1.53. The van der Waals surface area contributed by atoms with Crippen LogP contribution in [-0.2, 0) is 20.9 Å². The summed E-state index contributed by atoms with van der Waals surface area (Å²) in [5.74, 6) is 0.819. The lowest BCUT2D eigenvalue weighted by Crippen LogP contribution is -2.49. The highest BCUT2D eigenvalue weighted by molar-refractivity contribution is 7.99. The maximum absolute atomic E-state index is 12.1. The first kappa shape index (κ1) is 17.5. The van der Waals surface area contributed by atoms with E-state index >= 15 is 0 Å². The van der Waals surface area contributed by atoms with Crippen molar-refractivity contribution in [2.24, 2.45) is 0 Å². The van der Waals surface area contributed by atoms with E-state index in [4.69, 9.17) is 4.74 Å². The Balaban J connectivity index is 2.46. The molecule has 0 radical (unpaired) electrons. The van der Waals surface area contributed by atoms with Crippen molar-refractivity contribution in [2.75, 3.05) is 25.2 Å². The molecule has 0 saturated heterocycles. The molecule has 0 aliphatic carbocycles. The van der Waals surface area contributed by atoms with Gasteiger partial charge in [0, 0.05) is 13.7 Å². The molecule has 2 N–H and O–H groups in total. The Labute approximate surface area is 129 Å². The second-order valence-corrected chi connectivity index (χ2v) is 5.69. The van der Waals surface area contributed by atoms with Crippen molar-refractivity contribution < 1.29 is 14.3 Å². The van der Waals surface area contributed by atoms with Crippen LogP contribution in [0, 0.1) is 0 Å². The zero-order valence-corrected chi connectivity index (χ0v) is 13.2. The molecule has 0 unspecified atom stereocenters. The summed E-state index contributed by atoms with van der Waals surface area (Å²) in [5, 5.41) is 5.50. The molecule has 0 aliphatic heterocycles. The number of rotatable bonds is 9. The summed E-state index contributed by atoms with van der Waals surface area (Å²) in [5.41, 5.74) is 1.01. The first-order valence-corrected chi connectivity index (χ1v) is 8.00. The quantitative estimate of drug-likeness (QED) is 0.719. The van der Waals surface area contributed by atoms with Gasteiger partial charge in [-0.1, -0.05) is 37.3 Å². The number of thioether (sulfide) groups is 1. The molecule has 21 heavy (non-hydrogen) atoms. The van der Waals surface area contributed by atoms with Crippen LogP contribution in [0.4, 0.5) is 0 Å². The molecule has 0 saturated carbocycles. The third kappa shape index (κ3) is 7.15. The molecule has 1 rings (SSSR count). The first-order chi connectivity index (χ1) is 10.2. The fourth-order valence-electron chi connectivity index (χ4n) is 1.69. The summed E-state index contributed by atoms with van der Waals surface area (Å²) in [6.45, 7) is 2.57. The van der Waals surface area contributed by atoms with Crippen molar-refractivity contribution in [3.63, 3.8) is 0 Å². The summed E-state index contributed by atoms with van der Waals surface area (Å²) in [4.78, 5) is 23.8. The second kappa shape index (κ2) is 10.2. The van der Waals surface area contributed by atoms with E-state index in [0.717, 1.165) is 11.3 Å². The summed E-state index contributed by atoms with van der Waals surface area (Å²) in [6, 6.07) is 8.95. The van der Waals surface area contributed by atoms with Gasteiger partial charge in [0.05, 0.1) is 12.4 Å². The lowest BCUT2D eigenvalue weighted by Gasteiger charge is -2.17. The van der Waals surface area contributed by atoms with Gasteiger partial charge in [-0.15, -0.1) is 0 Å². The molecule has 1 aromatic carbocycles. The van der Waals surface area contributed by atoms with E-state index in [0.29, 0.717) is 12.3 Å².